The fourth-order valence-corrected chi connectivity index (χ4v) is 3.03. The number of nitrogens with one attached hydrogen (secondary N) is 1. The number of carbonyl (C=O) groups excluding carboxylic acids is 1. The zero-order valence-corrected chi connectivity index (χ0v) is 17.7. The molecule has 0 bridgehead atoms. The second-order valence-electron chi connectivity index (χ2n) is 8.00. The predicted molar refractivity (Wildman–Crippen MR) is 114 cm³/mol. The molecule has 1 atom stereocenters. The van der Waals surface area contributed by atoms with Crippen LogP contribution in [0.4, 0.5) is 0 Å². The summed E-state index contributed by atoms with van der Waals surface area (Å²) in [5, 5.41) is 2.99. The predicted octanol–water partition coefficient (Wildman–Crippen LogP) is 4.90. The van der Waals surface area contributed by atoms with Crippen molar-refractivity contribution in [3.8, 4) is 11.5 Å². The maximum atomic E-state index is 12.5. The lowest BCUT2D eigenvalue weighted by Crippen LogP contribution is -2.38. The lowest BCUT2D eigenvalue weighted by atomic mass is 9.87. The van der Waals surface area contributed by atoms with Crippen LogP contribution < -0.4 is 14.8 Å². The molecule has 0 aromatic heterocycles. The summed E-state index contributed by atoms with van der Waals surface area (Å²) in [5.74, 6) is 1.55. The van der Waals surface area contributed by atoms with Gasteiger partial charge in [-0.15, -0.1) is 0 Å². The molecule has 2 aromatic carbocycles. The van der Waals surface area contributed by atoms with Gasteiger partial charge in [0.1, 0.15) is 11.5 Å². The van der Waals surface area contributed by atoms with E-state index in [9.17, 15) is 4.79 Å². The third kappa shape index (κ3) is 6.29. The van der Waals surface area contributed by atoms with Crippen molar-refractivity contribution in [3.05, 3.63) is 59.7 Å². The van der Waals surface area contributed by atoms with E-state index in [0.29, 0.717) is 13.0 Å². The summed E-state index contributed by atoms with van der Waals surface area (Å²) in [6.45, 7) is 9.10. The number of para-hydroxylation sites is 1. The van der Waals surface area contributed by atoms with Gasteiger partial charge in [0, 0.05) is 6.54 Å². The van der Waals surface area contributed by atoms with Crippen LogP contribution in [0, 0.1) is 0 Å². The zero-order valence-electron chi connectivity index (χ0n) is 17.7. The first-order valence-corrected chi connectivity index (χ1v) is 10.0. The molecular formula is C24H33NO3. The minimum absolute atomic E-state index is 0.0672. The van der Waals surface area contributed by atoms with E-state index in [1.807, 2.05) is 37.3 Å². The number of ether oxygens (including phenoxy) is 2. The summed E-state index contributed by atoms with van der Waals surface area (Å²) in [4.78, 5) is 12.5. The van der Waals surface area contributed by atoms with E-state index in [0.717, 1.165) is 29.9 Å². The maximum Gasteiger partial charge on any atom is 0.261 e. The summed E-state index contributed by atoms with van der Waals surface area (Å²) in [5.41, 5.74) is 2.50. The summed E-state index contributed by atoms with van der Waals surface area (Å²) >= 11 is 0. The third-order valence-electron chi connectivity index (χ3n) is 4.78. The normalized spacial score (nSPS) is 12.3. The number of carbonyl (C=O) groups is 1. The summed E-state index contributed by atoms with van der Waals surface area (Å²) in [7, 11) is 1.68. The van der Waals surface area contributed by atoms with Crippen molar-refractivity contribution in [1.29, 1.82) is 0 Å². The Morgan fingerprint density at radius 2 is 1.75 bits per heavy atom. The molecule has 4 nitrogen and oxygen atoms in total. The molecule has 0 aliphatic heterocycles. The fraction of sp³-hybridized carbons (Fsp3) is 0.458. The highest BCUT2D eigenvalue weighted by Gasteiger charge is 2.19. The first-order valence-electron chi connectivity index (χ1n) is 10.0. The van der Waals surface area contributed by atoms with Crippen molar-refractivity contribution in [2.24, 2.45) is 0 Å². The lowest BCUT2D eigenvalue weighted by Gasteiger charge is -2.21. The highest BCUT2D eigenvalue weighted by atomic mass is 16.5. The van der Waals surface area contributed by atoms with E-state index in [1.165, 1.54) is 5.56 Å². The van der Waals surface area contributed by atoms with Crippen LogP contribution in [0.2, 0.25) is 0 Å². The molecular weight excluding hydrogens is 350 g/mol. The molecule has 0 saturated carbocycles. The van der Waals surface area contributed by atoms with Gasteiger partial charge in [0.15, 0.2) is 6.10 Å². The molecule has 0 spiro atoms. The number of methoxy groups -OCH3 is 1. The van der Waals surface area contributed by atoms with E-state index in [2.05, 4.69) is 44.3 Å². The SMILES string of the molecule is CC[C@H](Oc1ccc(C(C)(C)C)cc1)C(=O)NCCCc1ccccc1OC. The first-order chi connectivity index (χ1) is 13.3. The average Bonchev–Trinajstić information content (AvgIpc) is 2.69. The van der Waals surface area contributed by atoms with Crippen LogP contribution in [0.3, 0.4) is 0 Å². The number of aryl methyl sites for hydroxylation is 1. The van der Waals surface area contributed by atoms with Crippen molar-refractivity contribution in [1.82, 2.24) is 5.32 Å². The Bertz CT molecular complexity index is 747. The van der Waals surface area contributed by atoms with Crippen LogP contribution in [0.25, 0.3) is 0 Å². The molecule has 152 valence electrons. The fourth-order valence-electron chi connectivity index (χ4n) is 3.03. The molecule has 0 heterocycles. The van der Waals surface area contributed by atoms with Crippen LogP contribution >= 0.6 is 0 Å². The molecule has 0 aliphatic rings. The number of rotatable bonds is 9. The van der Waals surface area contributed by atoms with Gasteiger partial charge in [-0.05, 0) is 54.0 Å². The van der Waals surface area contributed by atoms with E-state index in [4.69, 9.17) is 9.47 Å². The van der Waals surface area contributed by atoms with Gasteiger partial charge in [-0.3, -0.25) is 4.79 Å². The largest absolute Gasteiger partial charge is 0.496 e. The Kier molecular flexibility index (Phi) is 7.91. The topological polar surface area (TPSA) is 47.6 Å². The zero-order chi connectivity index (χ0) is 20.6. The van der Waals surface area contributed by atoms with Gasteiger partial charge in [0.2, 0.25) is 0 Å². The average molecular weight is 384 g/mol. The Balaban J connectivity index is 1.83. The molecule has 28 heavy (non-hydrogen) atoms. The van der Waals surface area contributed by atoms with Gasteiger partial charge in [-0.1, -0.05) is 58.0 Å². The minimum atomic E-state index is -0.480. The molecule has 1 amide bonds. The molecule has 2 aromatic rings. The molecule has 0 aliphatic carbocycles. The standard InChI is InChI=1S/C24H33NO3/c1-6-21(28-20-15-13-19(14-16-20)24(2,3)4)23(26)25-17-9-11-18-10-7-8-12-22(18)27-5/h7-8,10,12-16,21H,6,9,11,17H2,1-5H3,(H,25,26)/t21-/m0/s1. The van der Waals surface area contributed by atoms with Gasteiger partial charge < -0.3 is 14.8 Å². The van der Waals surface area contributed by atoms with Crippen LogP contribution in [-0.2, 0) is 16.6 Å². The molecule has 1 N–H and O–H groups in total. The van der Waals surface area contributed by atoms with Crippen LogP contribution in [0.1, 0.15) is 51.7 Å². The van der Waals surface area contributed by atoms with Crippen molar-refractivity contribution < 1.29 is 14.3 Å². The minimum Gasteiger partial charge on any atom is -0.496 e. The lowest BCUT2D eigenvalue weighted by molar-refractivity contribution is -0.128. The maximum absolute atomic E-state index is 12.5. The van der Waals surface area contributed by atoms with E-state index >= 15 is 0 Å². The Morgan fingerprint density at radius 3 is 2.36 bits per heavy atom. The smallest absolute Gasteiger partial charge is 0.261 e. The van der Waals surface area contributed by atoms with Crippen molar-refractivity contribution in [3.63, 3.8) is 0 Å². The monoisotopic (exact) mass is 383 g/mol. The van der Waals surface area contributed by atoms with Gasteiger partial charge in [-0.25, -0.2) is 0 Å². The molecule has 0 unspecified atom stereocenters. The van der Waals surface area contributed by atoms with E-state index < -0.39 is 6.10 Å². The van der Waals surface area contributed by atoms with Gasteiger partial charge >= 0.3 is 0 Å². The van der Waals surface area contributed by atoms with Crippen LogP contribution in [0.15, 0.2) is 48.5 Å². The molecule has 2 rings (SSSR count). The number of hydrogen-bond acceptors (Lipinski definition) is 3. The van der Waals surface area contributed by atoms with Crippen molar-refractivity contribution >= 4 is 5.91 Å². The summed E-state index contributed by atoms with van der Waals surface area (Å²) in [6, 6.07) is 16.0. The first kappa shape index (κ1) is 21.8. The quantitative estimate of drug-likeness (QED) is 0.627. The molecule has 0 saturated heterocycles. The summed E-state index contributed by atoms with van der Waals surface area (Å²) in [6.07, 6.45) is 1.85. The second kappa shape index (κ2) is 10.2. The highest BCUT2D eigenvalue weighted by Crippen LogP contribution is 2.25. The van der Waals surface area contributed by atoms with Gasteiger partial charge in [0.25, 0.3) is 5.91 Å². The summed E-state index contributed by atoms with van der Waals surface area (Å²) < 4.78 is 11.3. The van der Waals surface area contributed by atoms with Crippen LogP contribution in [-0.4, -0.2) is 25.7 Å². The van der Waals surface area contributed by atoms with Crippen molar-refractivity contribution in [2.45, 2.75) is 58.5 Å². The second-order valence-corrected chi connectivity index (χ2v) is 8.00. The highest BCUT2D eigenvalue weighted by molar-refractivity contribution is 5.81. The van der Waals surface area contributed by atoms with Crippen molar-refractivity contribution in [2.75, 3.05) is 13.7 Å². The van der Waals surface area contributed by atoms with E-state index in [-0.39, 0.29) is 11.3 Å². The Morgan fingerprint density at radius 1 is 1.07 bits per heavy atom. The third-order valence-corrected chi connectivity index (χ3v) is 4.78. The Hall–Kier alpha value is -2.49. The number of amides is 1. The van der Waals surface area contributed by atoms with Gasteiger partial charge in [0.05, 0.1) is 7.11 Å². The Labute approximate surface area is 169 Å². The number of hydrogen-bond donors (Lipinski definition) is 1. The molecule has 0 fully saturated rings. The van der Waals surface area contributed by atoms with E-state index in [1.54, 1.807) is 7.11 Å². The molecule has 4 heteroatoms. The van der Waals surface area contributed by atoms with Gasteiger partial charge in [-0.2, -0.15) is 0 Å². The van der Waals surface area contributed by atoms with Crippen LogP contribution in [0.5, 0.6) is 11.5 Å². The molecule has 0 radical (unpaired) electrons. The number of benzene rings is 2.